The zero-order chi connectivity index (χ0) is 17.4. The van der Waals surface area contributed by atoms with Crippen molar-refractivity contribution < 1.29 is 13.9 Å². The molecule has 2 fully saturated rings. The number of hydrogen-bond donors (Lipinski definition) is 1. The van der Waals surface area contributed by atoms with Crippen molar-refractivity contribution in [3.05, 3.63) is 47.5 Å². The van der Waals surface area contributed by atoms with Crippen molar-refractivity contribution >= 4 is 5.91 Å². The molecule has 1 amide bonds. The summed E-state index contributed by atoms with van der Waals surface area (Å²) in [6.07, 6.45) is 4.04. The Morgan fingerprint density at radius 3 is 2.72 bits per heavy atom. The molecule has 6 nitrogen and oxygen atoms in total. The van der Waals surface area contributed by atoms with Crippen LogP contribution in [0.25, 0.3) is 0 Å². The van der Waals surface area contributed by atoms with Gasteiger partial charge in [-0.2, -0.15) is 15.4 Å². The fourth-order valence-corrected chi connectivity index (χ4v) is 3.80. The number of ether oxygens (including phenoxy) is 1. The van der Waals surface area contributed by atoms with Gasteiger partial charge in [-0.1, -0.05) is 12.1 Å². The van der Waals surface area contributed by atoms with E-state index < -0.39 is 0 Å². The monoisotopic (exact) mass is 344 g/mol. The van der Waals surface area contributed by atoms with Crippen LogP contribution >= 0.6 is 0 Å². The Hall–Kier alpha value is -2.28. The van der Waals surface area contributed by atoms with Crippen LogP contribution in [-0.2, 0) is 16.0 Å². The second-order valence-electron chi connectivity index (χ2n) is 7.07. The molecule has 132 valence electrons. The van der Waals surface area contributed by atoms with Crippen LogP contribution in [-0.4, -0.2) is 52.5 Å². The number of methoxy groups -OCH3 is 1. The van der Waals surface area contributed by atoms with E-state index in [9.17, 15) is 9.18 Å². The quantitative estimate of drug-likeness (QED) is 0.899. The van der Waals surface area contributed by atoms with Crippen molar-refractivity contribution in [2.24, 2.45) is 5.41 Å². The average molecular weight is 344 g/mol. The van der Waals surface area contributed by atoms with Crippen LogP contribution in [0.3, 0.4) is 0 Å². The number of nitrogens with one attached hydrogen (secondary N) is 1. The van der Waals surface area contributed by atoms with E-state index in [-0.39, 0.29) is 29.2 Å². The molecule has 2 aliphatic rings. The predicted molar refractivity (Wildman–Crippen MR) is 88.3 cm³/mol. The number of H-pyrrole nitrogens is 1. The molecule has 25 heavy (non-hydrogen) atoms. The van der Waals surface area contributed by atoms with Gasteiger partial charge in [0.15, 0.2) is 0 Å². The lowest BCUT2D eigenvalue weighted by atomic mass is 9.95. The predicted octanol–water partition coefficient (Wildman–Crippen LogP) is 1.91. The lowest BCUT2D eigenvalue weighted by Crippen LogP contribution is -2.37. The number of carbonyl (C=O) groups is 1. The number of amides is 1. The summed E-state index contributed by atoms with van der Waals surface area (Å²) in [5.74, 6) is -0.0444. The third-order valence-electron chi connectivity index (χ3n) is 5.43. The molecule has 2 heterocycles. The first-order chi connectivity index (χ1) is 12.1. The minimum atomic E-state index is -0.338. The molecule has 1 aromatic heterocycles. The minimum absolute atomic E-state index is 0.0364. The summed E-state index contributed by atoms with van der Waals surface area (Å²) < 4.78 is 18.7. The average Bonchev–Trinajstić information content (AvgIpc) is 3.03. The first-order valence-corrected chi connectivity index (χ1v) is 8.53. The maximum absolute atomic E-state index is 13.1. The normalized spacial score (nSPS) is 24.5. The smallest absolute Gasteiger partial charge is 0.229 e. The van der Waals surface area contributed by atoms with Gasteiger partial charge in [-0.25, -0.2) is 4.39 Å². The van der Waals surface area contributed by atoms with Crippen molar-refractivity contribution in [2.45, 2.75) is 31.3 Å². The minimum Gasteiger partial charge on any atom is -0.379 e. The molecule has 2 atom stereocenters. The Kier molecular flexibility index (Phi) is 4.03. The van der Waals surface area contributed by atoms with Gasteiger partial charge in [-0.15, -0.1) is 0 Å². The van der Waals surface area contributed by atoms with E-state index in [0.717, 1.165) is 24.1 Å². The third-order valence-corrected chi connectivity index (χ3v) is 5.43. The molecule has 2 aromatic rings. The number of nitrogens with zero attached hydrogens (tertiary/aromatic N) is 3. The summed E-state index contributed by atoms with van der Waals surface area (Å²) in [7, 11) is 1.66. The Morgan fingerprint density at radius 1 is 1.36 bits per heavy atom. The van der Waals surface area contributed by atoms with Crippen molar-refractivity contribution in [1.29, 1.82) is 0 Å². The van der Waals surface area contributed by atoms with E-state index in [1.807, 2.05) is 4.90 Å². The van der Waals surface area contributed by atoms with Crippen LogP contribution in [0.1, 0.15) is 30.0 Å². The number of aromatic amines is 1. The van der Waals surface area contributed by atoms with Crippen LogP contribution in [0.15, 0.2) is 30.5 Å². The highest BCUT2D eigenvalue weighted by Crippen LogP contribution is 2.50. The first-order valence-electron chi connectivity index (χ1n) is 8.53. The van der Waals surface area contributed by atoms with E-state index in [2.05, 4.69) is 15.4 Å². The molecule has 4 rings (SSSR count). The molecule has 0 spiro atoms. The summed E-state index contributed by atoms with van der Waals surface area (Å²) in [6, 6.07) is 6.44. The Labute approximate surface area is 145 Å². The third kappa shape index (κ3) is 3.04. The lowest BCUT2D eigenvalue weighted by molar-refractivity contribution is -0.136. The van der Waals surface area contributed by atoms with Gasteiger partial charge in [0.05, 0.1) is 29.3 Å². The molecule has 7 heteroatoms. The Bertz CT molecular complexity index is 743. The summed E-state index contributed by atoms with van der Waals surface area (Å²) in [4.78, 5) is 15.0. The Balaban J connectivity index is 1.48. The molecular weight excluding hydrogens is 323 g/mol. The molecule has 1 aliphatic heterocycles. The standard InChI is InChI=1S/C18H21FN4O2/c1-25-16-11-23(10-14(16)15-9-20-22-21-15)17(24)18(6-7-18)8-12-2-4-13(19)5-3-12/h2-5,9,14,16H,6-8,10-11H2,1H3,(H,20,21,22)/t14-,16+/m0/s1. The molecule has 0 unspecified atom stereocenters. The number of hydrogen-bond acceptors (Lipinski definition) is 4. The topological polar surface area (TPSA) is 71.1 Å². The molecule has 1 aromatic carbocycles. The number of likely N-dealkylation sites (tertiary alicyclic amines) is 1. The lowest BCUT2D eigenvalue weighted by Gasteiger charge is -2.23. The summed E-state index contributed by atoms with van der Waals surface area (Å²) in [5.41, 5.74) is 1.49. The van der Waals surface area contributed by atoms with Crippen molar-refractivity contribution in [2.75, 3.05) is 20.2 Å². The Morgan fingerprint density at radius 2 is 2.12 bits per heavy atom. The summed E-state index contributed by atoms with van der Waals surface area (Å²) in [6.45, 7) is 1.16. The molecule has 0 bridgehead atoms. The number of rotatable bonds is 5. The number of benzene rings is 1. The van der Waals surface area contributed by atoms with Gasteiger partial charge in [-0.05, 0) is 37.0 Å². The maximum atomic E-state index is 13.1. The van der Waals surface area contributed by atoms with Crippen LogP contribution in [0.4, 0.5) is 4.39 Å². The first kappa shape index (κ1) is 16.2. The van der Waals surface area contributed by atoms with Gasteiger partial charge < -0.3 is 9.64 Å². The highest BCUT2D eigenvalue weighted by atomic mass is 19.1. The zero-order valence-electron chi connectivity index (χ0n) is 14.1. The van der Waals surface area contributed by atoms with Crippen molar-refractivity contribution in [3.8, 4) is 0 Å². The SMILES string of the molecule is CO[C@@H]1CN(C(=O)C2(Cc3ccc(F)cc3)CC2)C[C@H]1c1cn[nH]n1. The molecule has 1 N–H and O–H groups in total. The van der Waals surface area contributed by atoms with E-state index in [1.165, 1.54) is 12.1 Å². The van der Waals surface area contributed by atoms with E-state index in [1.54, 1.807) is 25.4 Å². The second-order valence-corrected chi connectivity index (χ2v) is 7.07. The molecule has 1 aliphatic carbocycles. The van der Waals surface area contributed by atoms with E-state index in [4.69, 9.17) is 4.74 Å². The second kappa shape index (κ2) is 6.22. The molecule has 1 saturated heterocycles. The van der Waals surface area contributed by atoms with Crippen LogP contribution in [0.2, 0.25) is 0 Å². The highest BCUT2D eigenvalue weighted by Gasteiger charge is 2.53. The zero-order valence-corrected chi connectivity index (χ0v) is 14.1. The number of carbonyl (C=O) groups excluding carboxylic acids is 1. The highest BCUT2D eigenvalue weighted by molar-refractivity contribution is 5.86. The summed E-state index contributed by atoms with van der Waals surface area (Å²) >= 11 is 0. The largest absolute Gasteiger partial charge is 0.379 e. The van der Waals surface area contributed by atoms with Crippen LogP contribution in [0.5, 0.6) is 0 Å². The van der Waals surface area contributed by atoms with Crippen LogP contribution < -0.4 is 0 Å². The number of halogens is 1. The van der Waals surface area contributed by atoms with Gasteiger partial charge in [0.1, 0.15) is 5.82 Å². The fraction of sp³-hybridized carbons (Fsp3) is 0.500. The van der Waals surface area contributed by atoms with Crippen LogP contribution in [0, 0.1) is 11.2 Å². The molecular formula is C18H21FN4O2. The van der Waals surface area contributed by atoms with Gasteiger partial charge >= 0.3 is 0 Å². The molecule has 1 saturated carbocycles. The van der Waals surface area contributed by atoms with Gasteiger partial charge in [0, 0.05) is 20.2 Å². The van der Waals surface area contributed by atoms with E-state index >= 15 is 0 Å². The van der Waals surface area contributed by atoms with Crippen molar-refractivity contribution in [3.63, 3.8) is 0 Å². The molecule has 0 radical (unpaired) electrons. The van der Waals surface area contributed by atoms with Gasteiger partial charge in [0.25, 0.3) is 0 Å². The van der Waals surface area contributed by atoms with Gasteiger partial charge in [0.2, 0.25) is 5.91 Å². The van der Waals surface area contributed by atoms with E-state index in [0.29, 0.717) is 19.5 Å². The maximum Gasteiger partial charge on any atom is 0.229 e. The summed E-state index contributed by atoms with van der Waals surface area (Å²) in [5, 5.41) is 10.6. The number of aromatic nitrogens is 3. The fourth-order valence-electron chi connectivity index (χ4n) is 3.80. The van der Waals surface area contributed by atoms with Gasteiger partial charge in [-0.3, -0.25) is 4.79 Å². The van der Waals surface area contributed by atoms with Crippen molar-refractivity contribution in [1.82, 2.24) is 20.3 Å².